The number of hydrogen-bond acceptors (Lipinski definition) is 3. The van der Waals surface area contributed by atoms with Gasteiger partial charge in [-0.05, 0) is 19.9 Å². The molecule has 1 rings (SSSR count). The molecule has 1 unspecified atom stereocenters. The van der Waals surface area contributed by atoms with E-state index < -0.39 is 17.9 Å². The van der Waals surface area contributed by atoms with E-state index in [-0.39, 0.29) is 23.9 Å². The van der Waals surface area contributed by atoms with Gasteiger partial charge in [-0.2, -0.15) is 13.2 Å². The summed E-state index contributed by atoms with van der Waals surface area (Å²) in [5.41, 5.74) is 4.72. The van der Waals surface area contributed by atoms with Crippen molar-refractivity contribution in [3.05, 3.63) is 23.3 Å². The molecule has 0 saturated heterocycles. The van der Waals surface area contributed by atoms with Crippen molar-refractivity contribution in [2.75, 3.05) is 0 Å². The number of halogens is 4. The zero-order chi connectivity index (χ0) is 10.9. The molecule has 86 valence electrons. The number of nitrogens with zero attached hydrogens (tertiary/aromatic N) is 2. The first kappa shape index (κ1) is 14.1. The van der Waals surface area contributed by atoms with Gasteiger partial charge in [0.1, 0.15) is 11.5 Å². The lowest BCUT2D eigenvalue weighted by Crippen LogP contribution is -2.16. The highest BCUT2D eigenvalue weighted by Crippen LogP contribution is 2.28. The Hall–Kier alpha value is -0.880. The third-order valence-electron chi connectivity index (χ3n) is 1.57. The Morgan fingerprint density at radius 3 is 2.27 bits per heavy atom. The molecule has 0 aliphatic carbocycles. The number of rotatable bonds is 1. The van der Waals surface area contributed by atoms with Crippen LogP contribution in [0.15, 0.2) is 6.07 Å². The minimum atomic E-state index is -4.45. The summed E-state index contributed by atoms with van der Waals surface area (Å²) in [7, 11) is 0. The molecule has 0 aliphatic rings. The van der Waals surface area contributed by atoms with E-state index >= 15 is 0 Å². The summed E-state index contributed by atoms with van der Waals surface area (Å²) in [4.78, 5) is 7.15. The Kier molecular flexibility index (Phi) is 4.48. The maximum atomic E-state index is 12.3. The molecule has 0 amide bonds. The fraction of sp³-hybridized carbons (Fsp3) is 0.500. The molecule has 0 saturated carbocycles. The van der Waals surface area contributed by atoms with Gasteiger partial charge in [-0.3, -0.25) is 0 Å². The molecule has 3 nitrogen and oxygen atoms in total. The molecule has 15 heavy (non-hydrogen) atoms. The predicted molar refractivity (Wildman–Crippen MR) is 51.6 cm³/mol. The van der Waals surface area contributed by atoms with Gasteiger partial charge in [-0.15, -0.1) is 12.4 Å². The maximum absolute atomic E-state index is 12.3. The summed E-state index contributed by atoms with van der Waals surface area (Å²) in [5, 5.41) is 0. The first-order chi connectivity index (χ1) is 6.30. The highest BCUT2D eigenvalue weighted by Gasteiger charge is 2.33. The molecule has 7 heteroatoms. The lowest BCUT2D eigenvalue weighted by Gasteiger charge is -2.10. The van der Waals surface area contributed by atoms with E-state index in [4.69, 9.17) is 5.73 Å². The monoisotopic (exact) mass is 241 g/mol. The predicted octanol–water partition coefficient (Wildman–Crippen LogP) is 2.25. The molecular weight excluding hydrogens is 231 g/mol. The molecule has 2 N–H and O–H groups in total. The molecule has 1 aromatic heterocycles. The van der Waals surface area contributed by atoms with E-state index in [0.29, 0.717) is 0 Å². The summed E-state index contributed by atoms with van der Waals surface area (Å²) in [6, 6.07) is 0.294. The summed E-state index contributed by atoms with van der Waals surface area (Å²) in [6.45, 7) is 3.01. The summed E-state index contributed by atoms with van der Waals surface area (Å²) < 4.78 is 36.8. The minimum Gasteiger partial charge on any atom is -0.322 e. The van der Waals surface area contributed by atoms with Crippen LogP contribution in [0, 0.1) is 6.92 Å². The van der Waals surface area contributed by atoms with Crippen LogP contribution in [0.5, 0.6) is 0 Å². The van der Waals surface area contributed by atoms with Gasteiger partial charge in [0.15, 0.2) is 0 Å². The van der Waals surface area contributed by atoms with E-state index in [0.717, 1.165) is 6.07 Å². The van der Waals surface area contributed by atoms with Crippen molar-refractivity contribution in [3.8, 4) is 0 Å². The van der Waals surface area contributed by atoms with Crippen LogP contribution < -0.4 is 5.73 Å². The first-order valence-corrected chi connectivity index (χ1v) is 3.99. The van der Waals surface area contributed by atoms with E-state index in [1.54, 1.807) is 0 Å². The van der Waals surface area contributed by atoms with Gasteiger partial charge in [0, 0.05) is 5.69 Å². The number of alkyl halides is 3. The van der Waals surface area contributed by atoms with Gasteiger partial charge in [0.25, 0.3) is 0 Å². The molecule has 0 fully saturated rings. The Bertz CT molecular complexity index is 338. The zero-order valence-electron chi connectivity index (χ0n) is 8.17. The van der Waals surface area contributed by atoms with Gasteiger partial charge >= 0.3 is 6.18 Å². The number of nitrogens with two attached hydrogens (primary N) is 1. The second-order valence-electron chi connectivity index (χ2n) is 3.04. The molecule has 0 radical (unpaired) electrons. The Balaban J connectivity index is 0.00000196. The molecule has 0 aromatic carbocycles. The third kappa shape index (κ3) is 3.64. The largest absolute Gasteiger partial charge is 0.433 e. The minimum absolute atomic E-state index is 0. The summed E-state index contributed by atoms with van der Waals surface area (Å²) in [6.07, 6.45) is -4.45. The standard InChI is InChI=1S/C8H10F3N3.ClH/c1-4-3-6(8(9,10)11)14-7(13-4)5(2)12;/h3,5H,12H2,1-2H3;1H. The first-order valence-electron chi connectivity index (χ1n) is 3.99. The smallest absolute Gasteiger partial charge is 0.322 e. The normalized spacial score (nSPS) is 13.2. The van der Waals surface area contributed by atoms with E-state index in [1.807, 2.05) is 0 Å². The second-order valence-corrected chi connectivity index (χ2v) is 3.04. The molecule has 0 aliphatic heterocycles. The van der Waals surface area contributed by atoms with Crippen molar-refractivity contribution >= 4 is 12.4 Å². The lowest BCUT2D eigenvalue weighted by molar-refractivity contribution is -0.141. The Labute approximate surface area is 91.3 Å². The van der Waals surface area contributed by atoms with Crippen molar-refractivity contribution in [1.82, 2.24) is 9.97 Å². The molecule has 1 heterocycles. The van der Waals surface area contributed by atoms with Crippen molar-refractivity contribution < 1.29 is 13.2 Å². The topological polar surface area (TPSA) is 51.8 Å². The molecule has 0 spiro atoms. The van der Waals surface area contributed by atoms with Crippen LogP contribution in [0.3, 0.4) is 0 Å². The number of hydrogen-bond donors (Lipinski definition) is 1. The average Bonchev–Trinajstić information content (AvgIpc) is 2.01. The fourth-order valence-electron chi connectivity index (χ4n) is 0.940. The summed E-state index contributed by atoms with van der Waals surface area (Å²) in [5.74, 6) is 0.0114. The van der Waals surface area contributed by atoms with Crippen molar-refractivity contribution in [2.24, 2.45) is 5.73 Å². The molecule has 1 aromatic rings. The second kappa shape index (κ2) is 4.76. The van der Waals surface area contributed by atoms with Crippen LogP contribution in [0.1, 0.15) is 30.2 Å². The average molecular weight is 242 g/mol. The quantitative estimate of drug-likeness (QED) is 0.820. The van der Waals surface area contributed by atoms with Crippen LogP contribution in [-0.4, -0.2) is 9.97 Å². The fourth-order valence-corrected chi connectivity index (χ4v) is 0.940. The van der Waals surface area contributed by atoms with Crippen molar-refractivity contribution in [3.63, 3.8) is 0 Å². The summed E-state index contributed by atoms with van der Waals surface area (Å²) >= 11 is 0. The molecule has 0 bridgehead atoms. The van der Waals surface area contributed by atoms with Crippen LogP contribution in [0.2, 0.25) is 0 Å². The van der Waals surface area contributed by atoms with Crippen LogP contribution in [0.25, 0.3) is 0 Å². The van der Waals surface area contributed by atoms with Gasteiger partial charge < -0.3 is 5.73 Å². The van der Waals surface area contributed by atoms with Crippen molar-refractivity contribution in [2.45, 2.75) is 26.1 Å². The maximum Gasteiger partial charge on any atom is 0.433 e. The van der Waals surface area contributed by atoms with Gasteiger partial charge in [-0.25, -0.2) is 9.97 Å². The molecule has 1 atom stereocenters. The Morgan fingerprint density at radius 1 is 1.33 bits per heavy atom. The SMILES string of the molecule is Cc1cc(C(F)(F)F)nc(C(C)N)n1.Cl. The van der Waals surface area contributed by atoms with E-state index in [9.17, 15) is 13.2 Å². The third-order valence-corrected chi connectivity index (χ3v) is 1.57. The van der Waals surface area contributed by atoms with Gasteiger partial charge in [-0.1, -0.05) is 0 Å². The van der Waals surface area contributed by atoms with Crippen LogP contribution in [-0.2, 0) is 6.18 Å². The zero-order valence-corrected chi connectivity index (χ0v) is 8.99. The van der Waals surface area contributed by atoms with Gasteiger partial charge in [0.05, 0.1) is 6.04 Å². The van der Waals surface area contributed by atoms with E-state index in [2.05, 4.69) is 9.97 Å². The lowest BCUT2D eigenvalue weighted by atomic mass is 10.2. The van der Waals surface area contributed by atoms with Crippen LogP contribution in [0.4, 0.5) is 13.2 Å². The number of aryl methyl sites for hydroxylation is 1. The van der Waals surface area contributed by atoms with Crippen molar-refractivity contribution in [1.29, 1.82) is 0 Å². The van der Waals surface area contributed by atoms with Crippen LogP contribution >= 0.6 is 12.4 Å². The van der Waals surface area contributed by atoms with E-state index in [1.165, 1.54) is 13.8 Å². The highest BCUT2D eigenvalue weighted by atomic mass is 35.5. The Morgan fingerprint density at radius 2 is 1.87 bits per heavy atom. The highest BCUT2D eigenvalue weighted by molar-refractivity contribution is 5.85. The molecular formula is C8H11ClF3N3. The number of aromatic nitrogens is 2. The van der Waals surface area contributed by atoms with Gasteiger partial charge in [0.2, 0.25) is 0 Å².